The van der Waals surface area contributed by atoms with Gasteiger partial charge in [0.1, 0.15) is 0 Å². The first-order valence-electron chi connectivity index (χ1n) is 7.84. The number of hydrogen-bond donors (Lipinski definition) is 1. The molecule has 104 valence electrons. The van der Waals surface area contributed by atoms with Crippen molar-refractivity contribution < 1.29 is 4.74 Å². The van der Waals surface area contributed by atoms with Crippen LogP contribution in [0.3, 0.4) is 0 Å². The zero-order valence-corrected chi connectivity index (χ0v) is 12.3. The lowest BCUT2D eigenvalue weighted by molar-refractivity contribution is -0.126. The molecule has 0 aromatic rings. The Hall–Kier alpha value is -0.0800. The van der Waals surface area contributed by atoms with E-state index in [0.717, 1.165) is 25.0 Å². The summed E-state index contributed by atoms with van der Waals surface area (Å²) in [6, 6.07) is 0.572. The van der Waals surface area contributed by atoms with Gasteiger partial charge in [-0.05, 0) is 75.2 Å². The highest BCUT2D eigenvalue weighted by Crippen LogP contribution is 2.66. The molecule has 1 N–H and O–H groups in total. The van der Waals surface area contributed by atoms with Crippen molar-refractivity contribution in [2.45, 2.75) is 58.4 Å². The third kappa shape index (κ3) is 2.02. The van der Waals surface area contributed by atoms with Crippen molar-refractivity contribution in [1.29, 1.82) is 0 Å². The maximum absolute atomic E-state index is 5.75. The quantitative estimate of drug-likeness (QED) is 0.810. The van der Waals surface area contributed by atoms with Gasteiger partial charge in [0.15, 0.2) is 0 Å². The van der Waals surface area contributed by atoms with Crippen LogP contribution in [0.15, 0.2) is 0 Å². The number of likely N-dealkylation sites (N-methyl/N-ethyl adjacent to an activating group) is 1. The molecule has 0 saturated heterocycles. The molecular weight excluding hydrogens is 222 g/mol. The Morgan fingerprint density at radius 1 is 1.22 bits per heavy atom. The standard InChI is InChI=1S/C16H29NO/c1-4-18-10-14(17-3)16-8-12-5-13(9-16)7-15(2,6-12)11-16/h12-14,17H,4-11H2,1-3H3. The van der Waals surface area contributed by atoms with Crippen molar-refractivity contribution in [3.8, 4) is 0 Å². The molecule has 2 nitrogen and oxygen atoms in total. The molecule has 4 saturated carbocycles. The van der Waals surface area contributed by atoms with Gasteiger partial charge in [-0.1, -0.05) is 6.92 Å². The molecule has 18 heavy (non-hydrogen) atoms. The minimum Gasteiger partial charge on any atom is -0.380 e. The average molecular weight is 251 g/mol. The van der Waals surface area contributed by atoms with Crippen molar-refractivity contribution in [3.63, 3.8) is 0 Å². The first-order valence-corrected chi connectivity index (χ1v) is 7.84. The van der Waals surface area contributed by atoms with Crippen molar-refractivity contribution in [2.75, 3.05) is 20.3 Å². The maximum atomic E-state index is 5.75. The molecule has 2 heteroatoms. The van der Waals surface area contributed by atoms with E-state index >= 15 is 0 Å². The summed E-state index contributed by atoms with van der Waals surface area (Å²) >= 11 is 0. The summed E-state index contributed by atoms with van der Waals surface area (Å²) in [6.07, 6.45) is 8.86. The van der Waals surface area contributed by atoms with Gasteiger partial charge in [-0.25, -0.2) is 0 Å². The fourth-order valence-electron chi connectivity index (χ4n) is 6.01. The summed E-state index contributed by atoms with van der Waals surface area (Å²) in [6.45, 7) is 6.40. The van der Waals surface area contributed by atoms with Crippen LogP contribution in [0.4, 0.5) is 0 Å². The maximum Gasteiger partial charge on any atom is 0.0624 e. The van der Waals surface area contributed by atoms with Gasteiger partial charge in [-0.15, -0.1) is 0 Å². The lowest BCUT2D eigenvalue weighted by Crippen LogP contribution is -2.59. The Kier molecular flexibility index (Phi) is 3.22. The van der Waals surface area contributed by atoms with Gasteiger partial charge in [0, 0.05) is 12.6 Å². The number of rotatable bonds is 5. The fraction of sp³-hybridized carbons (Fsp3) is 1.00. The molecule has 4 fully saturated rings. The molecule has 0 heterocycles. The van der Waals surface area contributed by atoms with Gasteiger partial charge < -0.3 is 10.1 Å². The average Bonchev–Trinajstić information content (AvgIpc) is 2.26. The summed E-state index contributed by atoms with van der Waals surface area (Å²) in [7, 11) is 2.13. The molecule has 3 atom stereocenters. The third-order valence-electron chi connectivity index (χ3n) is 5.98. The molecule has 0 aromatic heterocycles. The Morgan fingerprint density at radius 2 is 1.89 bits per heavy atom. The van der Waals surface area contributed by atoms with Crippen LogP contribution >= 0.6 is 0 Å². The SMILES string of the molecule is CCOCC(NC)C12CC3CC(CC(C)(C3)C1)C2. The summed E-state index contributed by atoms with van der Waals surface area (Å²) in [4.78, 5) is 0. The second-order valence-electron chi connectivity index (χ2n) is 7.63. The molecule has 4 rings (SSSR count). The van der Waals surface area contributed by atoms with Gasteiger partial charge in [-0.3, -0.25) is 0 Å². The minimum atomic E-state index is 0.544. The van der Waals surface area contributed by atoms with Crippen LogP contribution in [0.1, 0.15) is 52.4 Å². The van der Waals surface area contributed by atoms with Crippen LogP contribution in [0.2, 0.25) is 0 Å². The highest BCUT2D eigenvalue weighted by molar-refractivity contribution is 5.09. The zero-order chi connectivity index (χ0) is 12.8. The first-order chi connectivity index (χ1) is 8.59. The fourth-order valence-corrected chi connectivity index (χ4v) is 6.01. The normalized spacial score (nSPS) is 47.5. The Labute approximate surface area is 112 Å². The van der Waals surface area contributed by atoms with E-state index in [9.17, 15) is 0 Å². The van der Waals surface area contributed by atoms with Gasteiger partial charge in [-0.2, -0.15) is 0 Å². The molecule has 4 bridgehead atoms. The van der Waals surface area contributed by atoms with Crippen LogP contribution in [0, 0.1) is 22.7 Å². The molecule has 0 amide bonds. The molecule has 0 spiro atoms. The van der Waals surface area contributed by atoms with E-state index in [1.807, 2.05) is 0 Å². The predicted octanol–water partition coefficient (Wildman–Crippen LogP) is 3.22. The third-order valence-corrected chi connectivity index (χ3v) is 5.98. The lowest BCUT2D eigenvalue weighted by Gasteiger charge is -2.63. The van der Waals surface area contributed by atoms with Crippen molar-refractivity contribution in [3.05, 3.63) is 0 Å². The molecule has 3 unspecified atom stereocenters. The smallest absolute Gasteiger partial charge is 0.0624 e. The molecule has 0 aromatic carbocycles. The lowest BCUT2D eigenvalue weighted by atomic mass is 9.43. The zero-order valence-electron chi connectivity index (χ0n) is 12.3. The van der Waals surface area contributed by atoms with Crippen molar-refractivity contribution >= 4 is 0 Å². The van der Waals surface area contributed by atoms with E-state index in [2.05, 4.69) is 26.2 Å². The molecule has 0 aliphatic heterocycles. The monoisotopic (exact) mass is 251 g/mol. The Bertz CT molecular complexity index is 300. The van der Waals surface area contributed by atoms with E-state index in [0.29, 0.717) is 16.9 Å². The highest BCUT2D eigenvalue weighted by Gasteiger charge is 2.57. The molecular formula is C16H29NO. The van der Waals surface area contributed by atoms with Gasteiger partial charge >= 0.3 is 0 Å². The van der Waals surface area contributed by atoms with Crippen LogP contribution in [-0.4, -0.2) is 26.3 Å². The van der Waals surface area contributed by atoms with E-state index in [4.69, 9.17) is 4.74 Å². The van der Waals surface area contributed by atoms with Gasteiger partial charge in [0.25, 0.3) is 0 Å². The topological polar surface area (TPSA) is 21.3 Å². The van der Waals surface area contributed by atoms with Gasteiger partial charge in [0.05, 0.1) is 6.61 Å². The van der Waals surface area contributed by atoms with E-state index in [1.165, 1.54) is 38.5 Å². The highest BCUT2D eigenvalue weighted by atomic mass is 16.5. The number of ether oxygens (including phenoxy) is 1. The largest absolute Gasteiger partial charge is 0.380 e. The second-order valence-corrected chi connectivity index (χ2v) is 7.63. The second kappa shape index (κ2) is 4.49. The van der Waals surface area contributed by atoms with Crippen molar-refractivity contribution in [1.82, 2.24) is 5.32 Å². The minimum absolute atomic E-state index is 0.544. The van der Waals surface area contributed by atoms with Crippen LogP contribution in [0.5, 0.6) is 0 Å². The van der Waals surface area contributed by atoms with Crippen molar-refractivity contribution in [2.24, 2.45) is 22.7 Å². The molecule has 4 aliphatic rings. The van der Waals surface area contributed by atoms with E-state index in [-0.39, 0.29) is 0 Å². The molecule has 4 aliphatic carbocycles. The van der Waals surface area contributed by atoms with Crippen LogP contribution in [-0.2, 0) is 4.74 Å². The summed E-state index contributed by atoms with van der Waals surface area (Å²) < 4.78 is 5.75. The van der Waals surface area contributed by atoms with Gasteiger partial charge in [0.2, 0.25) is 0 Å². The Balaban J connectivity index is 1.81. The predicted molar refractivity (Wildman–Crippen MR) is 74.6 cm³/mol. The molecule has 0 radical (unpaired) electrons. The number of hydrogen-bond acceptors (Lipinski definition) is 2. The number of nitrogens with one attached hydrogen (secondary N) is 1. The van der Waals surface area contributed by atoms with Crippen LogP contribution < -0.4 is 5.32 Å². The van der Waals surface area contributed by atoms with Crippen LogP contribution in [0.25, 0.3) is 0 Å². The summed E-state index contributed by atoms with van der Waals surface area (Å²) in [5.74, 6) is 2.02. The summed E-state index contributed by atoms with van der Waals surface area (Å²) in [5, 5.41) is 3.59. The van der Waals surface area contributed by atoms with E-state index < -0.39 is 0 Å². The summed E-state index contributed by atoms with van der Waals surface area (Å²) in [5.41, 5.74) is 1.19. The Morgan fingerprint density at radius 3 is 2.39 bits per heavy atom. The van der Waals surface area contributed by atoms with E-state index in [1.54, 1.807) is 0 Å². The first kappa shape index (κ1) is 12.9.